The smallest absolute Gasteiger partial charge is 0.422 e. The molecule has 0 bridgehead atoms. The maximum absolute atomic E-state index is 12.2. The molecule has 0 unspecified atom stereocenters. The van der Waals surface area contributed by atoms with Gasteiger partial charge in [0.2, 0.25) is 0 Å². The number of halogens is 3. The molecule has 0 aliphatic carbocycles. The fourth-order valence-corrected chi connectivity index (χ4v) is 2.71. The van der Waals surface area contributed by atoms with Gasteiger partial charge >= 0.3 is 18.2 Å². The fourth-order valence-electron chi connectivity index (χ4n) is 2.71. The summed E-state index contributed by atoms with van der Waals surface area (Å²) in [6.07, 6.45) is -3.08. The van der Waals surface area contributed by atoms with Crippen LogP contribution in [-0.4, -0.2) is 54.4 Å². The van der Waals surface area contributed by atoms with Gasteiger partial charge in [0.15, 0.2) is 6.61 Å². The monoisotopic (exact) mass is 374 g/mol. The second kappa shape index (κ2) is 8.77. The highest BCUT2D eigenvalue weighted by Crippen LogP contribution is 2.20. The average Bonchev–Trinajstić information content (AvgIpc) is 2.60. The van der Waals surface area contributed by atoms with Crippen LogP contribution < -0.4 is 10.1 Å². The molecule has 1 aliphatic rings. The Bertz CT molecular complexity index is 629. The Hall–Kier alpha value is -2.45. The molecule has 1 fully saturated rings. The molecule has 0 saturated carbocycles. The molecular formula is C17H21F3N2O4. The molecule has 26 heavy (non-hydrogen) atoms. The van der Waals surface area contributed by atoms with Crippen molar-refractivity contribution in [2.24, 2.45) is 5.92 Å². The van der Waals surface area contributed by atoms with E-state index in [1.165, 1.54) is 12.1 Å². The summed E-state index contributed by atoms with van der Waals surface area (Å²) < 4.78 is 41.2. The lowest BCUT2D eigenvalue weighted by molar-refractivity contribution is -0.153. The first kappa shape index (κ1) is 19.9. The Morgan fingerprint density at radius 1 is 1.27 bits per heavy atom. The van der Waals surface area contributed by atoms with E-state index >= 15 is 0 Å². The molecule has 1 aliphatic heterocycles. The Balaban J connectivity index is 1.74. The van der Waals surface area contributed by atoms with Crippen molar-refractivity contribution in [3.05, 3.63) is 29.8 Å². The zero-order valence-corrected chi connectivity index (χ0v) is 14.1. The van der Waals surface area contributed by atoms with E-state index in [4.69, 9.17) is 9.84 Å². The number of rotatable bonds is 6. The SMILES string of the molecule is O=C(O)C1CCN(C(=O)NCCc2cccc(OCC(F)(F)F)c2)CC1. The van der Waals surface area contributed by atoms with Crippen LogP contribution in [0.5, 0.6) is 5.75 Å². The minimum Gasteiger partial charge on any atom is -0.484 e. The highest BCUT2D eigenvalue weighted by Gasteiger charge is 2.28. The van der Waals surface area contributed by atoms with Crippen LogP contribution in [0.15, 0.2) is 24.3 Å². The van der Waals surface area contributed by atoms with Crippen molar-refractivity contribution in [1.82, 2.24) is 10.2 Å². The van der Waals surface area contributed by atoms with E-state index in [1.54, 1.807) is 17.0 Å². The first-order valence-electron chi connectivity index (χ1n) is 8.28. The summed E-state index contributed by atoms with van der Waals surface area (Å²) in [5, 5.41) is 11.7. The van der Waals surface area contributed by atoms with Crippen molar-refractivity contribution in [3.63, 3.8) is 0 Å². The van der Waals surface area contributed by atoms with E-state index in [9.17, 15) is 22.8 Å². The highest BCUT2D eigenvalue weighted by atomic mass is 19.4. The number of hydrogen-bond donors (Lipinski definition) is 2. The van der Waals surface area contributed by atoms with Crippen LogP contribution in [0.25, 0.3) is 0 Å². The number of hydrogen-bond acceptors (Lipinski definition) is 3. The molecule has 2 amide bonds. The lowest BCUT2D eigenvalue weighted by Gasteiger charge is -2.30. The number of amides is 2. The van der Waals surface area contributed by atoms with Gasteiger partial charge in [-0.25, -0.2) is 4.79 Å². The highest BCUT2D eigenvalue weighted by molar-refractivity contribution is 5.75. The number of carbonyl (C=O) groups is 2. The molecule has 6 nitrogen and oxygen atoms in total. The van der Waals surface area contributed by atoms with Gasteiger partial charge in [0.05, 0.1) is 5.92 Å². The standard InChI is InChI=1S/C17H21F3N2O4/c18-17(19,20)11-26-14-3-1-2-12(10-14)4-7-21-16(25)22-8-5-13(6-9-22)15(23)24/h1-3,10,13H,4-9,11H2,(H,21,25)(H,23,24). The number of carboxylic acids is 1. The number of benzene rings is 1. The molecule has 2 N–H and O–H groups in total. The van der Waals surface area contributed by atoms with Crippen LogP contribution in [0.4, 0.5) is 18.0 Å². The van der Waals surface area contributed by atoms with Gasteiger partial charge < -0.3 is 20.1 Å². The molecule has 1 heterocycles. The molecule has 144 valence electrons. The van der Waals surface area contributed by atoms with Gasteiger partial charge in [0.1, 0.15) is 5.75 Å². The van der Waals surface area contributed by atoms with Gasteiger partial charge in [-0.3, -0.25) is 4.79 Å². The van der Waals surface area contributed by atoms with Gasteiger partial charge in [0.25, 0.3) is 0 Å². The van der Waals surface area contributed by atoms with Crippen molar-refractivity contribution in [2.75, 3.05) is 26.2 Å². The van der Waals surface area contributed by atoms with Gasteiger partial charge in [-0.15, -0.1) is 0 Å². The van der Waals surface area contributed by atoms with Crippen LogP contribution in [0.2, 0.25) is 0 Å². The average molecular weight is 374 g/mol. The van der Waals surface area contributed by atoms with E-state index in [-0.39, 0.29) is 11.8 Å². The maximum Gasteiger partial charge on any atom is 0.422 e. The van der Waals surface area contributed by atoms with Crippen molar-refractivity contribution in [2.45, 2.75) is 25.4 Å². The minimum atomic E-state index is -4.39. The largest absolute Gasteiger partial charge is 0.484 e. The minimum absolute atomic E-state index is 0.127. The number of aliphatic carboxylic acids is 1. The quantitative estimate of drug-likeness (QED) is 0.803. The second-order valence-electron chi connectivity index (χ2n) is 6.13. The Morgan fingerprint density at radius 3 is 2.58 bits per heavy atom. The van der Waals surface area contributed by atoms with E-state index in [2.05, 4.69) is 5.32 Å². The molecule has 0 radical (unpaired) electrons. The fraction of sp³-hybridized carbons (Fsp3) is 0.529. The molecule has 1 aromatic carbocycles. The molecule has 0 atom stereocenters. The predicted molar refractivity (Wildman–Crippen MR) is 87.0 cm³/mol. The van der Waals surface area contributed by atoms with E-state index < -0.39 is 24.7 Å². The zero-order valence-electron chi connectivity index (χ0n) is 14.1. The van der Waals surface area contributed by atoms with Crippen LogP contribution in [0, 0.1) is 5.92 Å². The number of nitrogens with one attached hydrogen (secondary N) is 1. The van der Waals surface area contributed by atoms with Crippen molar-refractivity contribution in [1.29, 1.82) is 0 Å². The number of nitrogens with zero attached hydrogens (tertiary/aromatic N) is 1. The van der Waals surface area contributed by atoms with Crippen LogP contribution in [-0.2, 0) is 11.2 Å². The predicted octanol–water partition coefficient (Wildman–Crippen LogP) is 2.68. The molecule has 9 heteroatoms. The van der Waals surface area contributed by atoms with Gasteiger partial charge in [-0.05, 0) is 37.0 Å². The van der Waals surface area contributed by atoms with Crippen LogP contribution in [0.1, 0.15) is 18.4 Å². The molecule has 0 aromatic heterocycles. The summed E-state index contributed by atoms with van der Waals surface area (Å²) >= 11 is 0. The summed E-state index contributed by atoms with van der Waals surface area (Å²) in [4.78, 5) is 24.5. The normalized spacial score (nSPS) is 15.6. The first-order chi connectivity index (χ1) is 12.2. The zero-order chi connectivity index (χ0) is 19.2. The lowest BCUT2D eigenvalue weighted by Crippen LogP contribution is -2.45. The molecule has 0 spiro atoms. The first-order valence-corrected chi connectivity index (χ1v) is 8.28. The number of carbonyl (C=O) groups excluding carboxylic acids is 1. The summed E-state index contributed by atoms with van der Waals surface area (Å²) in [7, 11) is 0. The molecule has 1 aromatic rings. The van der Waals surface area contributed by atoms with E-state index in [0.717, 1.165) is 5.56 Å². The Labute approximate surface area is 148 Å². The molecule has 2 rings (SSSR count). The van der Waals surface area contributed by atoms with Crippen LogP contribution >= 0.6 is 0 Å². The molecular weight excluding hydrogens is 353 g/mol. The Morgan fingerprint density at radius 2 is 1.96 bits per heavy atom. The molecule has 1 saturated heterocycles. The third-order valence-corrected chi connectivity index (χ3v) is 4.12. The number of alkyl halides is 3. The van der Waals surface area contributed by atoms with E-state index in [1.807, 2.05) is 0 Å². The maximum atomic E-state index is 12.2. The number of likely N-dealkylation sites (tertiary alicyclic amines) is 1. The van der Waals surface area contributed by atoms with Crippen molar-refractivity contribution in [3.8, 4) is 5.75 Å². The van der Waals surface area contributed by atoms with Gasteiger partial charge in [-0.1, -0.05) is 12.1 Å². The Kier molecular flexibility index (Phi) is 6.70. The van der Waals surface area contributed by atoms with Crippen molar-refractivity contribution < 1.29 is 32.6 Å². The van der Waals surface area contributed by atoms with Gasteiger partial charge in [-0.2, -0.15) is 13.2 Å². The summed E-state index contributed by atoms with van der Waals surface area (Å²) in [6, 6.07) is 6.03. The van der Waals surface area contributed by atoms with Gasteiger partial charge in [0, 0.05) is 19.6 Å². The topological polar surface area (TPSA) is 78.9 Å². The van der Waals surface area contributed by atoms with Crippen LogP contribution in [0.3, 0.4) is 0 Å². The van der Waals surface area contributed by atoms with E-state index in [0.29, 0.717) is 38.9 Å². The summed E-state index contributed by atoms with van der Waals surface area (Å²) in [6.45, 7) is -0.243. The summed E-state index contributed by atoms with van der Waals surface area (Å²) in [5.74, 6) is -1.11. The third kappa shape index (κ3) is 6.45. The number of piperidine rings is 1. The summed E-state index contributed by atoms with van der Waals surface area (Å²) in [5.41, 5.74) is 0.745. The number of urea groups is 1. The number of carboxylic acid groups (broad SMARTS) is 1. The van der Waals surface area contributed by atoms with Crippen molar-refractivity contribution >= 4 is 12.0 Å². The number of ether oxygens (including phenoxy) is 1. The lowest BCUT2D eigenvalue weighted by atomic mass is 9.97. The third-order valence-electron chi connectivity index (χ3n) is 4.12. The second-order valence-corrected chi connectivity index (χ2v) is 6.13.